The van der Waals surface area contributed by atoms with Gasteiger partial charge in [-0.1, -0.05) is 35.9 Å². The van der Waals surface area contributed by atoms with E-state index in [0.29, 0.717) is 34.6 Å². The standard InChI is InChI=1S/C15H12ClN3O2/c16-11-5-2-1-4-10(11)8-9-14(20)17-12-6-3-7-13-15(12)19-21-18-13/h1-7H,8-9H2,(H,17,20). The number of benzene rings is 2. The van der Waals surface area contributed by atoms with Crippen molar-refractivity contribution in [3.8, 4) is 0 Å². The zero-order valence-corrected chi connectivity index (χ0v) is 11.8. The van der Waals surface area contributed by atoms with Gasteiger partial charge in [-0.2, -0.15) is 0 Å². The van der Waals surface area contributed by atoms with Crippen molar-refractivity contribution in [2.75, 3.05) is 5.32 Å². The number of aryl methyl sites for hydroxylation is 1. The first-order chi connectivity index (χ1) is 10.2. The van der Waals surface area contributed by atoms with E-state index in [0.717, 1.165) is 5.56 Å². The number of amides is 1. The molecule has 6 heteroatoms. The first kappa shape index (κ1) is 13.6. The third-order valence-corrected chi connectivity index (χ3v) is 3.51. The van der Waals surface area contributed by atoms with Crippen molar-refractivity contribution in [2.24, 2.45) is 0 Å². The van der Waals surface area contributed by atoms with E-state index in [-0.39, 0.29) is 5.91 Å². The average molecular weight is 302 g/mol. The molecule has 0 saturated heterocycles. The molecular weight excluding hydrogens is 290 g/mol. The molecule has 0 fully saturated rings. The van der Waals surface area contributed by atoms with Gasteiger partial charge < -0.3 is 5.32 Å². The van der Waals surface area contributed by atoms with Crippen LogP contribution in [0.25, 0.3) is 11.0 Å². The predicted molar refractivity (Wildman–Crippen MR) is 80.2 cm³/mol. The number of rotatable bonds is 4. The van der Waals surface area contributed by atoms with Gasteiger partial charge in [0, 0.05) is 11.4 Å². The third kappa shape index (κ3) is 3.03. The molecule has 5 nitrogen and oxygen atoms in total. The lowest BCUT2D eigenvalue weighted by Crippen LogP contribution is -2.12. The number of halogens is 1. The first-order valence-electron chi connectivity index (χ1n) is 6.48. The van der Waals surface area contributed by atoms with Gasteiger partial charge in [0.25, 0.3) is 0 Å². The lowest BCUT2D eigenvalue weighted by atomic mass is 10.1. The van der Waals surface area contributed by atoms with Gasteiger partial charge in [-0.3, -0.25) is 4.79 Å². The Bertz CT molecular complexity index is 785. The molecule has 0 aliphatic carbocycles. The minimum absolute atomic E-state index is 0.106. The molecule has 21 heavy (non-hydrogen) atoms. The van der Waals surface area contributed by atoms with Crippen molar-refractivity contribution in [1.29, 1.82) is 0 Å². The summed E-state index contributed by atoms with van der Waals surface area (Å²) in [6.45, 7) is 0. The van der Waals surface area contributed by atoms with Crippen molar-refractivity contribution >= 4 is 34.2 Å². The maximum absolute atomic E-state index is 12.0. The fourth-order valence-corrected chi connectivity index (χ4v) is 2.30. The van der Waals surface area contributed by atoms with Crippen LogP contribution in [-0.2, 0) is 11.2 Å². The van der Waals surface area contributed by atoms with Crippen molar-refractivity contribution in [3.05, 3.63) is 53.1 Å². The van der Waals surface area contributed by atoms with Crippen molar-refractivity contribution in [2.45, 2.75) is 12.8 Å². The van der Waals surface area contributed by atoms with Crippen molar-refractivity contribution in [3.63, 3.8) is 0 Å². The Balaban J connectivity index is 1.67. The van der Waals surface area contributed by atoms with Crippen LogP contribution in [0.2, 0.25) is 5.02 Å². The number of fused-ring (bicyclic) bond motifs is 1. The SMILES string of the molecule is O=C(CCc1ccccc1Cl)Nc1cccc2nonc12. The number of hydrogen-bond donors (Lipinski definition) is 1. The van der Waals surface area contributed by atoms with Gasteiger partial charge in [-0.05, 0) is 40.5 Å². The van der Waals surface area contributed by atoms with E-state index in [1.807, 2.05) is 24.3 Å². The maximum atomic E-state index is 12.0. The first-order valence-corrected chi connectivity index (χ1v) is 6.86. The molecule has 0 unspecified atom stereocenters. The molecule has 1 aromatic heterocycles. The third-order valence-electron chi connectivity index (χ3n) is 3.14. The quantitative estimate of drug-likeness (QED) is 0.801. The van der Waals surface area contributed by atoms with Gasteiger partial charge >= 0.3 is 0 Å². The van der Waals surface area contributed by atoms with Gasteiger partial charge in [0.2, 0.25) is 5.91 Å². The topological polar surface area (TPSA) is 68.0 Å². The Morgan fingerprint density at radius 2 is 2.00 bits per heavy atom. The van der Waals surface area contributed by atoms with Crippen LogP contribution < -0.4 is 5.32 Å². The Labute approximate surface area is 125 Å². The molecule has 0 bridgehead atoms. The van der Waals surface area contributed by atoms with Crippen LogP contribution in [0, 0.1) is 0 Å². The number of aromatic nitrogens is 2. The lowest BCUT2D eigenvalue weighted by Gasteiger charge is -2.06. The van der Waals surface area contributed by atoms with Gasteiger partial charge in [0.1, 0.15) is 5.52 Å². The number of anilines is 1. The molecule has 0 aliphatic heterocycles. The summed E-state index contributed by atoms with van der Waals surface area (Å²) in [7, 11) is 0. The molecule has 3 aromatic rings. The van der Waals surface area contributed by atoms with E-state index in [1.54, 1.807) is 18.2 Å². The lowest BCUT2D eigenvalue weighted by molar-refractivity contribution is -0.116. The van der Waals surface area contributed by atoms with Crippen LogP contribution in [-0.4, -0.2) is 16.2 Å². The summed E-state index contributed by atoms with van der Waals surface area (Å²) >= 11 is 6.07. The molecule has 0 spiro atoms. The minimum atomic E-state index is -0.106. The molecule has 0 aliphatic rings. The molecule has 106 valence electrons. The highest BCUT2D eigenvalue weighted by atomic mass is 35.5. The molecule has 3 rings (SSSR count). The normalized spacial score (nSPS) is 10.7. The van der Waals surface area contributed by atoms with E-state index in [2.05, 4.69) is 20.3 Å². The number of nitrogens with one attached hydrogen (secondary N) is 1. The summed E-state index contributed by atoms with van der Waals surface area (Å²) in [5.41, 5.74) is 2.70. The Hall–Kier alpha value is -2.40. The molecule has 0 saturated carbocycles. The van der Waals surface area contributed by atoms with E-state index in [1.165, 1.54) is 0 Å². The monoisotopic (exact) mass is 301 g/mol. The van der Waals surface area contributed by atoms with E-state index >= 15 is 0 Å². The Morgan fingerprint density at radius 1 is 1.14 bits per heavy atom. The highest BCUT2D eigenvalue weighted by Crippen LogP contribution is 2.20. The predicted octanol–water partition coefficient (Wildman–Crippen LogP) is 3.45. The zero-order chi connectivity index (χ0) is 14.7. The van der Waals surface area contributed by atoms with Gasteiger partial charge in [0.05, 0.1) is 5.69 Å². The molecule has 0 radical (unpaired) electrons. The van der Waals surface area contributed by atoms with Crippen LogP contribution in [0.5, 0.6) is 0 Å². The summed E-state index contributed by atoms with van der Waals surface area (Å²) in [4.78, 5) is 12.0. The van der Waals surface area contributed by atoms with E-state index in [4.69, 9.17) is 11.6 Å². The van der Waals surface area contributed by atoms with Crippen molar-refractivity contribution in [1.82, 2.24) is 10.3 Å². The molecule has 1 heterocycles. The van der Waals surface area contributed by atoms with Gasteiger partial charge in [0.15, 0.2) is 5.52 Å². The molecular formula is C15H12ClN3O2. The molecule has 1 amide bonds. The number of nitrogens with zero attached hydrogens (tertiary/aromatic N) is 2. The summed E-state index contributed by atoms with van der Waals surface area (Å²) in [6, 6.07) is 12.8. The smallest absolute Gasteiger partial charge is 0.224 e. The van der Waals surface area contributed by atoms with Crippen molar-refractivity contribution < 1.29 is 9.42 Å². The second-order valence-electron chi connectivity index (χ2n) is 4.58. The Morgan fingerprint density at radius 3 is 2.86 bits per heavy atom. The van der Waals surface area contributed by atoms with Crippen LogP contribution in [0.15, 0.2) is 47.1 Å². The largest absolute Gasteiger partial charge is 0.324 e. The van der Waals surface area contributed by atoms with Crippen LogP contribution >= 0.6 is 11.6 Å². The fourth-order valence-electron chi connectivity index (χ4n) is 2.07. The number of carbonyl (C=O) groups excluding carboxylic acids is 1. The van der Waals surface area contributed by atoms with Crippen LogP contribution in [0.4, 0.5) is 5.69 Å². The second-order valence-corrected chi connectivity index (χ2v) is 4.98. The van der Waals surface area contributed by atoms with Crippen LogP contribution in [0.3, 0.4) is 0 Å². The summed E-state index contributed by atoms with van der Waals surface area (Å²) in [6.07, 6.45) is 0.921. The van der Waals surface area contributed by atoms with E-state index in [9.17, 15) is 4.79 Å². The minimum Gasteiger partial charge on any atom is -0.324 e. The molecule has 2 aromatic carbocycles. The fraction of sp³-hybridized carbons (Fsp3) is 0.133. The summed E-state index contributed by atoms with van der Waals surface area (Å²) in [5.74, 6) is -0.106. The second kappa shape index (κ2) is 5.93. The van der Waals surface area contributed by atoms with Gasteiger partial charge in [-0.25, -0.2) is 4.63 Å². The maximum Gasteiger partial charge on any atom is 0.224 e. The molecule has 1 N–H and O–H groups in total. The zero-order valence-electron chi connectivity index (χ0n) is 11.0. The average Bonchev–Trinajstić information content (AvgIpc) is 2.96. The number of hydrogen-bond acceptors (Lipinski definition) is 4. The summed E-state index contributed by atoms with van der Waals surface area (Å²) < 4.78 is 4.66. The summed E-state index contributed by atoms with van der Waals surface area (Å²) in [5, 5.41) is 11.0. The highest BCUT2D eigenvalue weighted by molar-refractivity contribution is 6.31. The van der Waals surface area contributed by atoms with Gasteiger partial charge in [-0.15, -0.1) is 0 Å². The van der Waals surface area contributed by atoms with Crippen LogP contribution in [0.1, 0.15) is 12.0 Å². The highest BCUT2D eigenvalue weighted by Gasteiger charge is 2.10. The number of carbonyl (C=O) groups is 1. The Kier molecular flexibility index (Phi) is 3.83. The van der Waals surface area contributed by atoms with E-state index < -0.39 is 0 Å². The molecule has 0 atom stereocenters.